The first-order valence-electron chi connectivity index (χ1n) is 5.99. The molecule has 0 aliphatic rings. The van der Waals surface area contributed by atoms with Gasteiger partial charge in [-0.25, -0.2) is 0 Å². The molecule has 2 rings (SSSR count). The quantitative estimate of drug-likeness (QED) is 0.854. The summed E-state index contributed by atoms with van der Waals surface area (Å²) in [6, 6.07) is 14.3. The predicted molar refractivity (Wildman–Crippen MR) is 85.0 cm³/mol. The lowest BCUT2D eigenvalue weighted by Crippen LogP contribution is -2.22. The van der Waals surface area contributed by atoms with E-state index in [2.05, 4.69) is 5.32 Å². The van der Waals surface area contributed by atoms with Crippen molar-refractivity contribution in [2.24, 2.45) is 5.73 Å². The summed E-state index contributed by atoms with van der Waals surface area (Å²) in [7, 11) is 0. The average molecular weight is 305 g/mol. The number of nitrogens with two attached hydrogens (primary N) is 1. The second-order valence-corrected chi connectivity index (χ2v) is 5.13. The van der Waals surface area contributed by atoms with Crippen molar-refractivity contribution in [3.8, 4) is 0 Å². The lowest BCUT2D eigenvalue weighted by molar-refractivity contribution is 0.0951. The smallest absolute Gasteiger partial charge is 0.251 e. The van der Waals surface area contributed by atoms with Crippen LogP contribution in [0.5, 0.6) is 0 Å². The summed E-state index contributed by atoms with van der Waals surface area (Å²) >= 11 is 10.7. The predicted octanol–water partition coefficient (Wildman–Crippen LogP) is 2.90. The zero-order valence-electron chi connectivity index (χ0n) is 10.6. The van der Waals surface area contributed by atoms with E-state index in [9.17, 15) is 4.79 Å². The Hall–Kier alpha value is -1.91. The summed E-state index contributed by atoms with van der Waals surface area (Å²) in [5, 5.41) is 3.37. The molecule has 0 radical (unpaired) electrons. The minimum absolute atomic E-state index is 0.161. The van der Waals surface area contributed by atoms with E-state index in [1.54, 1.807) is 24.3 Å². The molecule has 0 bridgehead atoms. The molecule has 20 heavy (non-hydrogen) atoms. The minimum atomic E-state index is -0.161. The van der Waals surface area contributed by atoms with Crippen molar-refractivity contribution in [2.75, 3.05) is 0 Å². The molecule has 0 aliphatic heterocycles. The molecule has 0 aromatic heterocycles. The van der Waals surface area contributed by atoms with E-state index in [0.717, 1.165) is 11.1 Å². The van der Waals surface area contributed by atoms with E-state index < -0.39 is 0 Å². The van der Waals surface area contributed by atoms with Gasteiger partial charge in [0.25, 0.3) is 5.91 Å². The highest BCUT2D eigenvalue weighted by Crippen LogP contribution is 2.11. The lowest BCUT2D eigenvalue weighted by Gasteiger charge is -2.06. The molecule has 0 spiro atoms. The number of rotatable bonds is 4. The largest absolute Gasteiger partial charge is 0.389 e. The molecule has 0 aliphatic carbocycles. The number of benzene rings is 2. The highest BCUT2D eigenvalue weighted by atomic mass is 35.5. The number of halogens is 1. The Labute approximate surface area is 127 Å². The molecular weight excluding hydrogens is 292 g/mol. The summed E-state index contributed by atoms with van der Waals surface area (Å²) in [6.07, 6.45) is 0. The first-order valence-corrected chi connectivity index (χ1v) is 6.77. The van der Waals surface area contributed by atoms with Gasteiger partial charge in [0.2, 0.25) is 0 Å². The van der Waals surface area contributed by atoms with Gasteiger partial charge in [0.05, 0.1) is 0 Å². The summed E-state index contributed by atoms with van der Waals surface area (Å²) in [6.45, 7) is 0.433. The van der Waals surface area contributed by atoms with E-state index in [4.69, 9.17) is 29.6 Å². The Morgan fingerprint density at radius 3 is 2.45 bits per heavy atom. The normalized spacial score (nSPS) is 10.1. The molecule has 0 heterocycles. The van der Waals surface area contributed by atoms with Crippen molar-refractivity contribution in [1.82, 2.24) is 5.32 Å². The number of nitrogens with one attached hydrogen (secondary N) is 1. The highest BCUT2D eigenvalue weighted by Gasteiger charge is 2.05. The minimum Gasteiger partial charge on any atom is -0.389 e. The monoisotopic (exact) mass is 304 g/mol. The van der Waals surface area contributed by atoms with Crippen molar-refractivity contribution in [3.05, 3.63) is 70.2 Å². The molecule has 1 amide bonds. The first-order chi connectivity index (χ1) is 9.56. The van der Waals surface area contributed by atoms with Crippen LogP contribution >= 0.6 is 23.8 Å². The third-order valence-corrected chi connectivity index (χ3v) is 3.25. The molecule has 2 aromatic carbocycles. The highest BCUT2D eigenvalue weighted by molar-refractivity contribution is 7.80. The Morgan fingerprint density at radius 1 is 1.15 bits per heavy atom. The molecule has 2 aromatic rings. The Bertz CT molecular complexity index is 641. The van der Waals surface area contributed by atoms with Crippen LogP contribution in [0.25, 0.3) is 0 Å². The number of hydrogen-bond donors (Lipinski definition) is 2. The maximum absolute atomic E-state index is 11.9. The molecule has 3 N–H and O–H groups in total. The Kier molecular flexibility index (Phi) is 4.71. The standard InChI is InChI=1S/C15H13ClN2OS/c16-13-3-1-2-12(8-13)15(19)18-9-10-4-6-11(7-5-10)14(17)20/h1-8H,9H2,(H2,17,20)(H,18,19). The van der Waals surface area contributed by atoms with Crippen molar-refractivity contribution >= 4 is 34.7 Å². The summed E-state index contributed by atoms with van der Waals surface area (Å²) in [5.74, 6) is -0.161. The third kappa shape index (κ3) is 3.79. The van der Waals surface area contributed by atoms with Crippen LogP contribution in [0, 0.1) is 0 Å². The van der Waals surface area contributed by atoms with Crippen LogP contribution in [0.1, 0.15) is 21.5 Å². The van der Waals surface area contributed by atoms with Gasteiger partial charge in [0.1, 0.15) is 4.99 Å². The number of amides is 1. The summed E-state index contributed by atoms with van der Waals surface area (Å²) in [5.41, 5.74) is 7.85. The zero-order valence-corrected chi connectivity index (χ0v) is 12.2. The lowest BCUT2D eigenvalue weighted by atomic mass is 10.1. The second kappa shape index (κ2) is 6.50. The van der Waals surface area contributed by atoms with Gasteiger partial charge < -0.3 is 11.1 Å². The van der Waals surface area contributed by atoms with E-state index in [0.29, 0.717) is 22.1 Å². The maximum atomic E-state index is 11.9. The fourth-order valence-electron chi connectivity index (χ4n) is 1.70. The fourth-order valence-corrected chi connectivity index (χ4v) is 2.03. The third-order valence-electron chi connectivity index (χ3n) is 2.78. The Morgan fingerprint density at radius 2 is 1.85 bits per heavy atom. The van der Waals surface area contributed by atoms with Gasteiger partial charge in [0, 0.05) is 22.7 Å². The van der Waals surface area contributed by atoms with Crippen molar-refractivity contribution in [1.29, 1.82) is 0 Å². The van der Waals surface area contributed by atoms with Gasteiger partial charge in [-0.15, -0.1) is 0 Å². The number of carbonyl (C=O) groups is 1. The van der Waals surface area contributed by atoms with Gasteiger partial charge in [-0.2, -0.15) is 0 Å². The molecule has 0 fully saturated rings. The van der Waals surface area contributed by atoms with Crippen LogP contribution < -0.4 is 11.1 Å². The van der Waals surface area contributed by atoms with Gasteiger partial charge in [0.15, 0.2) is 0 Å². The molecule has 0 saturated carbocycles. The molecule has 3 nitrogen and oxygen atoms in total. The van der Waals surface area contributed by atoms with Crippen LogP contribution in [-0.4, -0.2) is 10.9 Å². The van der Waals surface area contributed by atoms with Crippen LogP contribution in [-0.2, 0) is 6.54 Å². The van der Waals surface area contributed by atoms with Crippen LogP contribution in [0.4, 0.5) is 0 Å². The van der Waals surface area contributed by atoms with Crippen LogP contribution in [0.15, 0.2) is 48.5 Å². The summed E-state index contributed by atoms with van der Waals surface area (Å²) < 4.78 is 0. The number of thiocarbonyl (C=S) groups is 1. The summed E-state index contributed by atoms with van der Waals surface area (Å²) in [4.78, 5) is 12.3. The molecule has 5 heteroatoms. The van der Waals surface area contributed by atoms with E-state index >= 15 is 0 Å². The van der Waals surface area contributed by atoms with Crippen LogP contribution in [0.3, 0.4) is 0 Å². The van der Waals surface area contributed by atoms with Gasteiger partial charge >= 0.3 is 0 Å². The van der Waals surface area contributed by atoms with Gasteiger partial charge in [-0.3, -0.25) is 4.79 Å². The van der Waals surface area contributed by atoms with Crippen molar-refractivity contribution in [3.63, 3.8) is 0 Å². The second-order valence-electron chi connectivity index (χ2n) is 4.25. The Balaban J connectivity index is 1.98. The van der Waals surface area contributed by atoms with Gasteiger partial charge in [-0.05, 0) is 23.8 Å². The molecular formula is C15H13ClN2OS. The van der Waals surface area contributed by atoms with E-state index in [-0.39, 0.29) is 5.91 Å². The van der Waals surface area contributed by atoms with Gasteiger partial charge in [-0.1, -0.05) is 54.2 Å². The molecule has 0 unspecified atom stereocenters. The molecule has 102 valence electrons. The molecule has 0 atom stereocenters. The van der Waals surface area contributed by atoms with Crippen LogP contribution in [0.2, 0.25) is 5.02 Å². The number of hydrogen-bond acceptors (Lipinski definition) is 2. The van der Waals surface area contributed by atoms with E-state index in [1.165, 1.54) is 0 Å². The van der Waals surface area contributed by atoms with Crippen molar-refractivity contribution < 1.29 is 4.79 Å². The van der Waals surface area contributed by atoms with Crippen molar-refractivity contribution in [2.45, 2.75) is 6.54 Å². The molecule has 0 saturated heterocycles. The maximum Gasteiger partial charge on any atom is 0.251 e. The topological polar surface area (TPSA) is 55.1 Å². The fraction of sp³-hybridized carbons (Fsp3) is 0.0667. The van der Waals surface area contributed by atoms with E-state index in [1.807, 2.05) is 24.3 Å². The first kappa shape index (κ1) is 14.5. The zero-order chi connectivity index (χ0) is 14.5. The number of carbonyl (C=O) groups excluding carboxylic acids is 1. The SMILES string of the molecule is NC(=S)c1ccc(CNC(=O)c2cccc(Cl)c2)cc1. The average Bonchev–Trinajstić information content (AvgIpc) is 2.45.